The number of carbonyl (C=O) groups excluding carboxylic acids is 2. The first-order valence-electron chi connectivity index (χ1n) is 8.83. The number of rotatable bonds is 7. The smallest absolute Gasteiger partial charge is 0.265 e. The number of amides is 2. The van der Waals surface area contributed by atoms with E-state index in [1.165, 1.54) is 23.1 Å². The lowest BCUT2D eigenvalue weighted by atomic mass is 10.2. The van der Waals surface area contributed by atoms with E-state index in [2.05, 4.69) is 10.6 Å². The number of thiophene rings is 1. The van der Waals surface area contributed by atoms with Crippen LogP contribution in [0.1, 0.15) is 23.0 Å². The van der Waals surface area contributed by atoms with Gasteiger partial charge in [-0.3, -0.25) is 9.59 Å². The van der Waals surface area contributed by atoms with Crippen LogP contribution in [0, 0.1) is 0 Å². The van der Waals surface area contributed by atoms with Crippen LogP contribution < -0.4 is 10.6 Å². The van der Waals surface area contributed by atoms with Gasteiger partial charge in [0.05, 0.1) is 20.2 Å². The standard InChI is InChI=1S/C21H18Cl2N2O2S2/c1-2-18(20(26)25-14-8-9-16(22)17(23)12-14)29-15-6-3-5-13(11-15)24-21(27)19-7-4-10-28-19/h3-12,18H,2H2,1H3,(H,24,27)(H,25,26). The molecule has 0 radical (unpaired) electrons. The van der Waals surface area contributed by atoms with E-state index in [1.54, 1.807) is 24.3 Å². The molecule has 2 N–H and O–H groups in total. The Kier molecular flexibility index (Phi) is 7.61. The Morgan fingerprint density at radius 2 is 1.79 bits per heavy atom. The topological polar surface area (TPSA) is 58.2 Å². The lowest BCUT2D eigenvalue weighted by Gasteiger charge is -2.16. The van der Waals surface area contributed by atoms with Gasteiger partial charge in [0, 0.05) is 16.3 Å². The van der Waals surface area contributed by atoms with Gasteiger partial charge in [0.2, 0.25) is 5.91 Å². The Bertz CT molecular complexity index is 1010. The summed E-state index contributed by atoms with van der Waals surface area (Å²) in [6.07, 6.45) is 0.642. The number of hydrogen-bond donors (Lipinski definition) is 2. The molecule has 0 saturated carbocycles. The van der Waals surface area contributed by atoms with Crippen LogP contribution in [0.5, 0.6) is 0 Å². The fourth-order valence-electron chi connectivity index (χ4n) is 2.53. The molecule has 0 spiro atoms. The summed E-state index contributed by atoms with van der Waals surface area (Å²) in [6.45, 7) is 1.95. The lowest BCUT2D eigenvalue weighted by molar-refractivity contribution is -0.115. The predicted octanol–water partition coefficient (Wildman–Crippen LogP) is 6.82. The lowest BCUT2D eigenvalue weighted by Crippen LogP contribution is -2.24. The van der Waals surface area contributed by atoms with Gasteiger partial charge in [-0.25, -0.2) is 0 Å². The van der Waals surface area contributed by atoms with E-state index in [9.17, 15) is 9.59 Å². The third-order valence-electron chi connectivity index (χ3n) is 3.97. The van der Waals surface area contributed by atoms with Crippen LogP contribution in [0.3, 0.4) is 0 Å². The molecule has 0 saturated heterocycles. The van der Waals surface area contributed by atoms with Crippen LogP contribution in [0.25, 0.3) is 0 Å². The van der Waals surface area contributed by atoms with Crippen molar-refractivity contribution in [2.24, 2.45) is 0 Å². The van der Waals surface area contributed by atoms with Crippen molar-refractivity contribution in [1.29, 1.82) is 0 Å². The molecule has 0 aliphatic heterocycles. The molecule has 2 amide bonds. The van der Waals surface area contributed by atoms with E-state index in [-0.39, 0.29) is 17.1 Å². The van der Waals surface area contributed by atoms with Crippen molar-refractivity contribution in [3.63, 3.8) is 0 Å². The molecule has 3 rings (SSSR count). The van der Waals surface area contributed by atoms with Gasteiger partial charge in [-0.15, -0.1) is 23.1 Å². The molecule has 1 atom stereocenters. The summed E-state index contributed by atoms with van der Waals surface area (Å²) in [5.41, 5.74) is 1.29. The summed E-state index contributed by atoms with van der Waals surface area (Å²) in [6, 6.07) is 16.1. The van der Waals surface area contributed by atoms with Gasteiger partial charge in [-0.05, 0) is 54.3 Å². The molecule has 3 aromatic rings. The van der Waals surface area contributed by atoms with Crippen LogP contribution in [-0.2, 0) is 4.79 Å². The highest BCUT2D eigenvalue weighted by Crippen LogP contribution is 2.30. The summed E-state index contributed by atoms with van der Waals surface area (Å²) in [7, 11) is 0. The van der Waals surface area contributed by atoms with Gasteiger partial charge in [0.25, 0.3) is 5.91 Å². The Morgan fingerprint density at radius 3 is 2.48 bits per heavy atom. The minimum Gasteiger partial charge on any atom is -0.325 e. The van der Waals surface area contributed by atoms with Crippen molar-refractivity contribution >= 4 is 69.5 Å². The minimum atomic E-state index is -0.298. The number of hydrogen-bond acceptors (Lipinski definition) is 4. The molecule has 1 unspecified atom stereocenters. The number of thioether (sulfide) groups is 1. The van der Waals surface area contributed by atoms with Crippen molar-refractivity contribution < 1.29 is 9.59 Å². The molecule has 1 heterocycles. The van der Waals surface area contributed by atoms with Crippen LogP contribution in [0.4, 0.5) is 11.4 Å². The van der Waals surface area contributed by atoms with Gasteiger partial charge in [0.15, 0.2) is 0 Å². The second-order valence-corrected chi connectivity index (χ2v) is 9.13. The number of benzene rings is 2. The Morgan fingerprint density at radius 1 is 1.00 bits per heavy atom. The molecule has 0 bridgehead atoms. The summed E-state index contributed by atoms with van der Waals surface area (Å²) >= 11 is 14.8. The molecule has 29 heavy (non-hydrogen) atoms. The van der Waals surface area contributed by atoms with Gasteiger partial charge in [-0.2, -0.15) is 0 Å². The van der Waals surface area contributed by atoms with E-state index in [0.717, 1.165) is 4.90 Å². The van der Waals surface area contributed by atoms with Crippen LogP contribution in [0.2, 0.25) is 10.0 Å². The average molecular weight is 465 g/mol. The second-order valence-electron chi connectivity index (χ2n) is 6.09. The molecule has 0 aliphatic carbocycles. The van der Waals surface area contributed by atoms with E-state index < -0.39 is 0 Å². The van der Waals surface area contributed by atoms with Gasteiger partial charge in [0.1, 0.15) is 0 Å². The maximum Gasteiger partial charge on any atom is 0.265 e. The van der Waals surface area contributed by atoms with Crippen molar-refractivity contribution in [2.45, 2.75) is 23.5 Å². The van der Waals surface area contributed by atoms with Gasteiger partial charge >= 0.3 is 0 Å². The van der Waals surface area contributed by atoms with Crippen LogP contribution in [-0.4, -0.2) is 17.1 Å². The maximum absolute atomic E-state index is 12.7. The summed E-state index contributed by atoms with van der Waals surface area (Å²) in [4.78, 5) is 26.5. The molecule has 4 nitrogen and oxygen atoms in total. The minimum absolute atomic E-state index is 0.121. The highest BCUT2D eigenvalue weighted by atomic mass is 35.5. The van der Waals surface area contributed by atoms with E-state index in [0.29, 0.717) is 32.7 Å². The van der Waals surface area contributed by atoms with Gasteiger partial charge in [-0.1, -0.05) is 42.3 Å². The molecule has 0 aliphatic rings. The number of nitrogens with one attached hydrogen (secondary N) is 2. The maximum atomic E-state index is 12.7. The third-order valence-corrected chi connectivity index (χ3v) is 6.93. The van der Waals surface area contributed by atoms with Crippen LogP contribution >= 0.6 is 46.3 Å². The largest absolute Gasteiger partial charge is 0.325 e. The fraction of sp³-hybridized carbons (Fsp3) is 0.143. The fourth-order valence-corrected chi connectivity index (χ4v) is 4.46. The zero-order chi connectivity index (χ0) is 20.8. The Hall–Kier alpha value is -1.99. The normalized spacial score (nSPS) is 11.7. The number of carbonyl (C=O) groups is 2. The number of anilines is 2. The Balaban J connectivity index is 1.66. The first-order chi connectivity index (χ1) is 14.0. The van der Waals surface area contributed by atoms with E-state index in [4.69, 9.17) is 23.2 Å². The van der Waals surface area contributed by atoms with Crippen molar-refractivity contribution in [2.75, 3.05) is 10.6 Å². The highest BCUT2D eigenvalue weighted by molar-refractivity contribution is 8.00. The SMILES string of the molecule is CCC(Sc1cccc(NC(=O)c2cccs2)c1)C(=O)Nc1ccc(Cl)c(Cl)c1. The summed E-state index contributed by atoms with van der Waals surface area (Å²) in [5, 5.41) is 8.15. The van der Waals surface area contributed by atoms with E-state index in [1.807, 2.05) is 42.6 Å². The predicted molar refractivity (Wildman–Crippen MR) is 124 cm³/mol. The first kappa shape index (κ1) is 21.7. The summed E-state index contributed by atoms with van der Waals surface area (Å²) < 4.78 is 0. The third kappa shape index (κ3) is 6.00. The highest BCUT2D eigenvalue weighted by Gasteiger charge is 2.19. The average Bonchev–Trinajstić information content (AvgIpc) is 3.24. The van der Waals surface area contributed by atoms with Gasteiger partial charge < -0.3 is 10.6 Å². The van der Waals surface area contributed by atoms with E-state index >= 15 is 0 Å². The zero-order valence-corrected chi connectivity index (χ0v) is 18.6. The molecule has 8 heteroatoms. The molecular formula is C21H18Cl2N2O2S2. The molecule has 1 aromatic heterocycles. The van der Waals surface area contributed by atoms with Crippen molar-refractivity contribution in [3.8, 4) is 0 Å². The quantitative estimate of drug-likeness (QED) is 0.377. The monoisotopic (exact) mass is 464 g/mol. The zero-order valence-electron chi connectivity index (χ0n) is 15.4. The van der Waals surface area contributed by atoms with Crippen LogP contribution in [0.15, 0.2) is 64.9 Å². The Labute approximate surface area is 187 Å². The second kappa shape index (κ2) is 10.2. The molecule has 2 aromatic carbocycles. The summed E-state index contributed by atoms with van der Waals surface area (Å²) in [5.74, 6) is -0.268. The number of halogens is 2. The molecule has 0 fully saturated rings. The first-order valence-corrected chi connectivity index (χ1v) is 11.3. The van der Waals surface area contributed by atoms with Crippen molar-refractivity contribution in [1.82, 2.24) is 0 Å². The van der Waals surface area contributed by atoms with Crippen molar-refractivity contribution in [3.05, 3.63) is 74.9 Å². The molecule has 150 valence electrons. The molecular weight excluding hydrogens is 447 g/mol.